The molecular formula is C12H21NO6S. The van der Waals surface area contributed by atoms with Gasteiger partial charge in [0.05, 0.1) is 37.0 Å². The molecule has 1 heterocycles. The molecule has 7 nitrogen and oxygen atoms in total. The lowest BCUT2D eigenvalue weighted by molar-refractivity contribution is -0.140. The number of carboxylic acids is 1. The van der Waals surface area contributed by atoms with E-state index in [-0.39, 0.29) is 43.4 Å². The highest BCUT2D eigenvalue weighted by Gasteiger charge is 2.34. The summed E-state index contributed by atoms with van der Waals surface area (Å²) in [6.45, 7) is 2.86. The first-order valence-electron chi connectivity index (χ1n) is 6.65. The minimum Gasteiger partial charge on any atom is -0.481 e. The fraction of sp³-hybridized carbons (Fsp3) is 0.833. The van der Waals surface area contributed by atoms with Crippen molar-refractivity contribution in [1.29, 1.82) is 0 Å². The number of ether oxygens (including phenoxy) is 1. The van der Waals surface area contributed by atoms with Gasteiger partial charge in [0.1, 0.15) is 0 Å². The molecule has 0 aromatic carbocycles. The van der Waals surface area contributed by atoms with Crippen molar-refractivity contribution in [2.45, 2.75) is 32.2 Å². The van der Waals surface area contributed by atoms with Gasteiger partial charge in [-0.15, -0.1) is 0 Å². The average molecular weight is 307 g/mol. The fourth-order valence-electron chi connectivity index (χ4n) is 2.13. The average Bonchev–Trinajstić information content (AvgIpc) is 2.32. The molecule has 1 saturated heterocycles. The van der Waals surface area contributed by atoms with E-state index < -0.39 is 21.8 Å². The first-order chi connectivity index (χ1) is 9.35. The Kier molecular flexibility index (Phi) is 6.41. The molecule has 0 bridgehead atoms. The largest absolute Gasteiger partial charge is 0.481 e. The summed E-state index contributed by atoms with van der Waals surface area (Å²) < 4.78 is 28.3. The first-order valence-corrected chi connectivity index (χ1v) is 8.47. The molecule has 1 unspecified atom stereocenters. The molecular weight excluding hydrogens is 286 g/mol. The second-order valence-electron chi connectivity index (χ2n) is 4.82. The summed E-state index contributed by atoms with van der Waals surface area (Å²) >= 11 is 0. The van der Waals surface area contributed by atoms with Crippen LogP contribution in [0.1, 0.15) is 26.2 Å². The van der Waals surface area contributed by atoms with Crippen LogP contribution < -0.4 is 0 Å². The molecule has 1 amide bonds. The summed E-state index contributed by atoms with van der Waals surface area (Å²) in [5.74, 6) is -1.74. The monoisotopic (exact) mass is 307 g/mol. The summed E-state index contributed by atoms with van der Waals surface area (Å²) in [6, 6.07) is -0.773. The van der Waals surface area contributed by atoms with Crippen molar-refractivity contribution in [2.24, 2.45) is 0 Å². The lowest BCUT2D eigenvalue weighted by atomic mass is 10.2. The van der Waals surface area contributed by atoms with Crippen molar-refractivity contribution in [3.63, 3.8) is 0 Å². The lowest BCUT2D eigenvalue weighted by Crippen LogP contribution is -2.52. The molecule has 1 atom stereocenters. The Balaban J connectivity index is 2.60. The SMILES string of the molecule is CCCOCCC(=O)N1CCS(=O)(=O)CC1CC(=O)O. The predicted molar refractivity (Wildman–Crippen MR) is 72.1 cm³/mol. The van der Waals surface area contributed by atoms with Crippen LogP contribution in [0.25, 0.3) is 0 Å². The highest BCUT2D eigenvalue weighted by molar-refractivity contribution is 7.91. The molecule has 1 rings (SSSR count). The Labute approximate surface area is 118 Å². The minimum atomic E-state index is -3.26. The Morgan fingerprint density at radius 2 is 2.05 bits per heavy atom. The van der Waals surface area contributed by atoms with Gasteiger partial charge in [-0.05, 0) is 6.42 Å². The molecule has 1 fully saturated rings. The van der Waals surface area contributed by atoms with Crippen LogP contribution in [0.15, 0.2) is 0 Å². The smallest absolute Gasteiger partial charge is 0.305 e. The van der Waals surface area contributed by atoms with Gasteiger partial charge in [-0.3, -0.25) is 9.59 Å². The predicted octanol–water partition coefficient (Wildman–Crippen LogP) is -0.0966. The van der Waals surface area contributed by atoms with E-state index in [1.54, 1.807) is 0 Å². The van der Waals surface area contributed by atoms with Gasteiger partial charge in [-0.2, -0.15) is 0 Å². The standard InChI is InChI=1S/C12H21NO6S/c1-2-5-19-6-3-11(14)13-4-7-20(17,18)9-10(13)8-12(15)16/h10H,2-9H2,1H3,(H,15,16). The molecule has 20 heavy (non-hydrogen) atoms. The van der Waals surface area contributed by atoms with Crippen LogP contribution in [-0.2, 0) is 24.2 Å². The van der Waals surface area contributed by atoms with E-state index in [1.165, 1.54) is 4.90 Å². The third-order valence-electron chi connectivity index (χ3n) is 3.07. The van der Waals surface area contributed by atoms with Crippen LogP contribution >= 0.6 is 0 Å². The summed E-state index contributed by atoms with van der Waals surface area (Å²) in [4.78, 5) is 24.2. The van der Waals surface area contributed by atoms with Crippen LogP contribution in [0, 0.1) is 0 Å². The highest BCUT2D eigenvalue weighted by atomic mass is 32.2. The number of amides is 1. The normalized spacial score (nSPS) is 21.6. The van der Waals surface area contributed by atoms with Crippen molar-refractivity contribution >= 4 is 21.7 Å². The summed E-state index contributed by atoms with van der Waals surface area (Å²) in [6.07, 6.45) is 0.661. The number of nitrogens with zero attached hydrogens (tertiary/aromatic N) is 1. The van der Waals surface area contributed by atoms with E-state index in [9.17, 15) is 18.0 Å². The van der Waals surface area contributed by atoms with E-state index in [1.807, 2.05) is 6.92 Å². The minimum absolute atomic E-state index is 0.0624. The molecule has 0 aromatic rings. The number of carboxylic acid groups (broad SMARTS) is 1. The van der Waals surface area contributed by atoms with Crippen molar-refractivity contribution in [3.05, 3.63) is 0 Å². The van der Waals surface area contributed by atoms with Gasteiger partial charge in [-0.1, -0.05) is 6.92 Å². The number of carbonyl (C=O) groups is 2. The van der Waals surface area contributed by atoms with Crippen LogP contribution in [0.4, 0.5) is 0 Å². The van der Waals surface area contributed by atoms with Crippen molar-refractivity contribution in [1.82, 2.24) is 4.90 Å². The summed E-state index contributed by atoms with van der Waals surface area (Å²) in [7, 11) is -3.26. The molecule has 1 aliphatic heterocycles. The number of carbonyl (C=O) groups excluding carboxylic acids is 1. The number of sulfone groups is 1. The molecule has 1 aliphatic rings. The van der Waals surface area contributed by atoms with Gasteiger partial charge in [-0.25, -0.2) is 8.42 Å². The zero-order valence-electron chi connectivity index (χ0n) is 11.6. The highest BCUT2D eigenvalue weighted by Crippen LogP contribution is 2.16. The second-order valence-corrected chi connectivity index (χ2v) is 7.04. The molecule has 0 radical (unpaired) electrons. The second kappa shape index (κ2) is 7.58. The van der Waals surface area contributed by atoms with Crippen molar-refractivity contribution in [2.75, 3.05) is 31.3 Å². The van der Waals surface area contributed by atoms with Gasteiger partial charge in [0.15, 0.2) is 9.84 Å². The zero-order valence-corrected chi connectivity index (χ0v) is 12.4. The van der Waals surface area contributed by atoms with Crippen LogP contribution in [0.5, 0.6) is 0 Å². The van der Waals surface area contributed by atoms with Gasteiger partial charge >= 0.3 is 5.97 Å². The Morgan fingerprint density at radius 3 is 2.65 bits per heavy atom. The summed E-state index contributed by atoms with van der Waals surface area (Å²) in [5.41, 5.74) is 0. The maximum absolute atomic E-state index is 12.0. The third kappa shape index (κ3) is 5.46. The topological polar surface area (TPSA) is 101 Å². The molecule has 0 spiro atoms. The number of hydrogen-bond acceptors (Lipinski definition) is 5. The molecule has 0 aliphatic carbocycles. The number of rotatable bonds is 7. The number of aliphatic carboxylic acids is 1. The van der Waals surface area contributed by atoms with E-state index in [0.29, 0.717) is 6.61 Å². The lowest BCUT2D eigenvalue weighted by Gasteiger charge is -2.34. The van der Waals surface area contributed by atoms with E-state index >= 15 is 0 Å². The van der Waals surface area contributed by atoms with E-state index in [0.717, 1.165) is 6.42 Å². The molecule has 0 saturated carbocycles. The van der Waals surface area contributed by atoms with E-state index in [4.69, 9.17) is 9.84 Å². The van der Waals surface area contributed by atoms with Crippen molar-refractivity contribution < 1.29 is 27.9 Å². The maximum Gasteiger partial charge on any atom is 0.305 e. The van der Waals surface area contributed by atoms with Crippen LogP contribution in [0.3, 0.4) is 0 Å². The van der Waals surface area contributed by atoms with Crippen molar-refractivity contribution in [3.8, 4) is 0 Å². The van der Waals surface area contributed by atoms with Gasteiger partial charge < -0.3 is 14.7 Å². The van der Waals surface area contributed by atoms with Gasteiger partial charge in [0, 0.05) is 13.2 Å². The van der Waals surface area contributed by atoms with Crippen LogP contribution in [0.2, 0.25) is 0 Å². The van der Waals surface area contributed by atoms with Gasteiger partial charge in [0.25, 0.3) is 0 Å². The zero-order chi connectivity index (χ0) is 15.2. The summed E-state index contributed by atoms with van der Waals surface area (Å²) in [5, 5.41) is 8.82. The Morgan fingerprint density at radius 1 is 1.35 bits per heavy atom. The molecule has 8 heteroatoms. The quantitative estimate of drug-likeness (QED) is 0.659. The maximum atomic E-state index is 12.0. The fourth-order valence-corrected chi connectivity index (χ4v) is 3.66. The molecule has 1 N–H and O–H groups in total. The first kappa shape index (κ1) is 16.9. The van der Waals surface area contributed by atoms with E-state index in [2.05, 4.69) is 0 Å². The Bertz CT molecular complexity index is 447. The van der Waals surface area contributed by atoms with Gasteiger partial charge in [0.2, 0.25) is 5.91 Å². The molecule has 116 valence electrons. The molecule has 0 aromatic heterocycles. The number of hydrogen-bond donors (Lipinski definition) is 1. The third-order valence-corrected chi connectivity index (χ3v) is 4.77. The van der Waals surface area contributed by atoms with Crippen LogP contribution in [-0.4, -0.2) is 67.6 Å². The Hall–Kier alpha value is -1.15.